The Kier molecular flexibility index (Phi) is 9.50. The summed E-state index contributed by atoms with van der Waals surface area (Å²) in [4.78, 5) is 11.7. The quantitative estimate of drug-likeness (QED) is 0.273. The number of hydrogen-bond acceptors (Lipinski definition) is 2. The third-order valence-electron chi connectivity index (χ3n) is 2.85. The molecule has 0 N–H and O–H groups in total. The topological polar surface area (TPSA) is 26.3 Å². The van der Waals surface area contributed by atoms with Crippen molar-refractivity contribution in [2.24, 2.45) is 5.92 Å². The van der Waals surface area contributed by atoms with Crippen LogP contribution in [-0.4, -0.2) is 12.6 Å². The minimum absolute atomic E-state index is 0.207. The van der Waals surface area contributed by atoms with Gasteiger partial charge in [-0.25, -0.2) is 4.79 Å². The third kappa shape index (κ3) is 7.78. The van der Waals surface area contributed by atoms with Crippen LogP contribution in [0, 0.1) is 5.92 Å². The van der Waals surface area contributed by atoms with Gasteiger partial charge in [0.2, 0.25) is 0 Å². The molecule has 0 aliphatic heterocycles. The summed E-state index contributed by atoms with van der Waals surface area (Å²) < 4.78 is 5.23. The fraction of sp³-hybridized carbons (Fsp3) is 0.667. The molecule has 0 aliphatic rings. The molecule has 1 unspecified atom stereocenters. The van der Waals surface area contributed by atoms with Gasteiger partial charge in [0.1, 0.15) is 0 Å². The van der Waals surface area contributed by atoms with Crippen LogP contribution in [-0.2, 0) is 9.53 Å². The van der Waals surface area contributed by atoms with E-state index < -0.39 is 0 Å². The van der Waals surface area contributed by atoms with Gasteiger partial charge in [0.05, 0.1) is 12.2 Å². The van der Waals surface area contributed by atoms with Gasteiger partial charge in [0, 0.05) is 0 Å². The Morgan fingerprint density at radius 2 is 2.06 bits per heavy atom. The van der Waals surface area contributed by atoms with E-state index >= 15 is 0 Å². The maximum Gasteiger partial charge on any atom is 0.337 e. The second-order valence-electron chi connectivity index (χ2n) is 4.35. The Hall–Kier alpha value is -1.05. The molecule has 0 saturated carbocycles. The SMILES string of the molecule is C/C=C(\C=C/CC)C(=O)OCCCC(C)CC. The van der Waals surface area contributed by atoms with Gasteiger partial charge in [-0.15, -0.1) is 0 Å². The molecule has 0 aromatic rings. The second kappa shape index (κ2) is 10.1. The minimum atomic E-state index is -0.207. The lowest BCUT2D eigenvalue weighted by Crippen LogP contribution is -2.08. The largest absolute Gasteiger partial charge is 0.462 e. The average molecular weight is 238 g/mol. The summed E-state index contributed by atoms with van der Waals surface area (Å²) in [6, 6.07) is 0. The predicted molar refractivity (Wildman–Crippen MR) is 72.8 cm³/mol. The van der Waals surface area contributed by atoms with Crippen molar-refractivity contribution in [1.82, 2.24) is 0 Å². The van der Waals surface area contributed by atoms with Gasteiger partial charge in [-0.3, -0.25) is 0 Å². The predicted octanol–water partition coefficient (Wildman–Crippen LogP) is 4.27. The van der Waals surface area contributed by atoms with E-state index in [2.05, 4.69) is 13.8 Å². The molecule has 0 heterocycles. The van der Waals surface area contributed by atoms with E-state index in [-0.39, 0.29) is 5.97 Å². The van der Waals surface area contributed by atoms with Crippen molar-refractivity contribution in [3.63, 3.8) is 0 Å². The van der Waals surface area contributed by atoms with Crippen LogP contribution in [0.5, 0.6) is 0 Å². The van der Waals surface area contributed by atoms with Crippen molar-refractivity contribution in [2.75, 3.05) is 6.61 Å². The molecule has 0 aromatic carbocycles. The Bertz CT molecular complexity index is 264. The van der Waals surface area contributed by atoms with Crippen LogP contribution >= 0.6 is 0 Å². The number of allylic oxidation sites excluding steroid dienone is 2. The summed E-state index contributed by atoms with van der Waals surface area (Å²) in [6.45, 7) is 8.84. The Labute approximate surface area is 106 Å². The van der Waals surface area contributed by atoms with Gasteiger partial charge in [0.15, 0.2) is 0 Å². The zero-order valence-corrected chi connectivity index (χ0v) is 11.7. The fourth-order valence-corrected chi connectivity index (χ4v) is 1.41. The normalized spacial score (nSPS) is 14.0. The molecule has 0 spiro atoms. The molecule has 2 nitrogen and oxygen atoms in total. The summed E-state index contributed by atoms with van der Waals surface area (Å²) in [5.41, 5.74) is 0.649. The van der Waals surface area contributed by atoms with Crippen LogP contribution in [0.15, 0.2) is 23.8 Å². The number of esters is 1. The lowest BCUT2D eigenvalue weighted by atomic mass is 10.0. The molecule has 0 amide bonds. The number of hydrogen-bond donors (Lipinski definition) is 0. The van der Waals surface area contributed by atoms with Gasteiger partial charge in [0.25, 0.3) is 0 Å². The molecule has 0 saturated heterocycles. The van der Waals surface area contributed by atoms with Crippen LogP contribution in [0.4, 0.5) is 0 Å². The van der Waals surface area contributed by atoms with Gasteiger partial charge in [-0.2, -0.15) is 0 Å². The smallest absolute Gasteiger partial charge is 0.337 e. The molecule has 0 aliphatic carbocycles. The van der Waals surface area contributed by atoms with E-state index in [4.69, 9.17) is 4.74 Å². The number of ether oxygens (including phenoxy) is 1. The molecule has 98 valence electrons. The van der Waals surface area contributed by atoms with Crippen molar-refractivity contribution < 1.29 is 9.53 Å². The lowest BCUT2D eigenvalue weighted by molar-refractivity contribution is -0.138. The molecule has 1 atom stereocenters. The van der Waals surface area contributed by atoms with Crippen molar-refractivity contribution in [1.29, 1.82) is 0 Å². The summed E-state index contributed by atoms with van der Waals surface area (Å²) in [5.74, 6) is 0.510. The van der Waals surface area contributed by atoms with Crippen LogP contribution < -0.4 is 0 Å². The maximum absolute atomic E-state index is 11.7. The minimum Gasteiger partial charge on any atom is -0.462 e. The first-order valence-electron chi connectivity index (χ1n) is 6.65. The lowest BCUT2D eigenvalue weighted by Gasteiger charge is -2.08. The summed E-state index contributed by atoms with van der Waals surface area (Å²) >= 11 is 0. The molecule has 2 heteroatoms. The first-order chi connectivity index (χ1) is 8.15. The number of carbonyl (C=O) groups is 1. The molecule has 0 radical (unpaired) electrons. The standard InChI is InChI=1S/C15H26O2/c1-5-8-11-14(7-3)15(16)17-12-9-10-13(4)6-2/h7-8,11,13H,5-6,9-10,12H2,1-4H3/b11-8-,14-7+. The van der Waals surface area contributed by atoms with Crippen LogP contribution in [0.2, 0.25) is 0 Å². The van der Waals surface area contributed by atoms with Crippen molar-refractivity contribution in [3.8, 4) is 0 Å². The highest BCUT2D eigenvalue weighted by Gasteiger charge is 2.06. The molecular weight excluding hydrogens is 212 g/mol. The van der Waals surface area contributed by atoms with Crippen molar-refractivity contribution >= 4 is 5.97 Å². The van der Waals surface area contributed by atoms with Crippen LogP contribution in [0.25, 0.3) is 0 Å². The molecule has 0 rings (SSSR count). The fourth-order valence-electron chi connectivity index (χ4n) is 1.41. The van der Waals surface area contributed by atoms with Crippen LogP contribution in [0.3, 0.4) is 0 Å². The summed E-state index contributed by atoms with van der Waals surface area (Å²) in [5, 5.41) is 0. The molecule has 0 aromatic heterocycles. The highest BCUT2D eigenvalue weighted by atomic mass is 16.5. The van der Waals surface area contributed by atoms with E-state index in [0.29, 0.717) is 12.2 Å². The van der Waals surface area contributed by atoms with Gasteiger partial charge in [-0.05, 0) is 32.1 Å². The van der Waals surface area contributed by atoms with Crippen molar-refractivity contribution in [3.05, 3.63) is 23.8 Å². The van der Waals surface area contributed by atoms with Gasteiger partial charge in [-0.1, -0.05) is 45.4 Å². The average Bonchev–Trinajstić information content (AvgIpc) is 2.35. The highest BCUT2D eigenvalue weighted by molar-refractivity contribution is 5.91. The van der Waals surface area contributed by atoms with Gasteiger partial charge < -0.3 is 4.74 Å². The van der Waals surface area contributed by atoms with E-state index in [0.717, 1.165) is 25.2 Å². The maximum atomic E-state index is 11.7. The van der Waals surface area contributed by atoms with Gasteiger partial charge >= 0.3 is 5.97 Å². The molecule has 0 fully saturated rings. The second-order valence-corrected chi connectivity index (χ2v) is 4.35. The van der Waals surface area contributed by atoms with Crippen LogP contribution in [0.1, 0.15) is 53.4 Å². The summed E-state index contributed by atoms with van der Waals surface area (Å²) in [7, 11) is 0. The zero-order chi connectivity index (χ0) is 13.1. The van der Waals surface area contributed by atoms with Crippen molar-refractivity contribution in [2.45, 2.75) is 53.4 Å². The monoisotopic (exact) mass is 238 g/mol. The molecule has 0 bridgehead atoms. The highest BCUT2D eigenvalue weighted by Crippen LogP contribution is 2.10. The summed E-state index contributed by atoms with van der Waals surface area (Å²) in [6.07, 6.45) is 9.79. The number of carbonyl (C=O) groups excluding carboxylic acids is 1. The first kappa shape index (κ1) is 16.0. The van der Waals surface area contributed by atoms with E-state index in [9.17, 15) is 4.79 Å². The third-order valence-corrected chi connectivity index (χ3v) is 2.85. The zero-order valence-electron chi connectivity index (χ0n) is 11.7. The van der Waals surface area contributed by atoms with E-state index in [1.165, 1.54) is 6.42 Å². The molecular formula is C15H26O2. The molecule has 17 heavy (non-hydrogen) atoms. The van der Waals surface area contributed by atoms with E-state index in [1.807, 2.05) is 26.0 Å². The Balaban J connectivity index is 3.88. The number of rotatable bonds is 8. The van der Waals surface area contributed by atoms with E-state index in [1.54, 1.807) is 6.08 Å². The Morgan fingerprint density at radius 3 is 2.59 bits per heavy atom. The first-order valence-corrected chi connectivity index (χ1v) is 6.65. The Morgan fingerprint density at radius 1 is 1.35 bits per heavy atom.